The number of carbonyl (C=O) groups is 2. The highest BCUT2D eigenvalue weighted by molar-refractivity contribution is 7.89. The van der Waals surface area contributed by atoms with E-state index < -0.39 is 21.9 Å². The van der Waals surface area contributed by atoms with E-state index in [1.54, 1.807) is 6.92 Å². The minimum Gasteiger partial charge on any atom is -0.481 e. The Bertz CT molecular complexity index is 699. The summed E-state index contributed by atoms with van der Waals surface area (Å²) in [7, 11) is -3.90. The number of nitrogens with zero attached hydrogens (tertiary/aromatic N) is 1. The number of likely N-dealkylation sites (tertiary alicyclic amines) is 1. The number of benzene rings is 1. The van der Waals surface area contributed by atoms with Crippen molar-refractivity contribution in [2.24, 2.45) is 11.1 Å². The van der Waals surface area contributed by atoms with Crippen LogP contribution < -0.4 is 5.14 Å². The first kappa shape index (κ1) is 15.5. The quantitative estimate of drug-likeness (QED) is 0.826. The summed E-state index contributed by atoms with van der Waals surface area (Å²) in [5, 5.41) is 14.0. The number of amides is 1. The normalized spacial score (nSPS) is 18.8. The Kier molecular flexibility index (Phi) is 4.02. The Morgan fingerprint density at radius 2 is 2.05 bits per heavy atom. The summed E-state index contributed by atoms with van der Waals surface area (Å²) in [6, 6.07) is 4.26. The van der Waals surface area contributed by atoms with Crippen molar-refractivity contribution in [3.63, 3.8) is 0 Å². The van der Waals surface area contributed by atoms with Crippen LogP contribution in [0.25, 0.3) is 0 Å². The average molecular weight is 312 g/mol. The van der Waals surface area contributed by atoms with Gasteiger partial charge in [-0.05, 0) is 31.0 Å². The molecule has 1 unspecified atom stereocenters. The van der Waals surface area contributed by atoms with Gasteiger partial charge in [0.15, 0.2) is 0 Å². The molecule has 1 fully saturated rings. The van der Waals surface area contributed by atoms with Crippen LogP contribution in [0.2, 0.25) is 0 Å². The Morgan fingerprint density at radius 3 is 2.57 bits per heavy atom. The lowest BCUT2D eigenvalue weighted by Gasteiger charge is -2.16. The fourth-order valence-electron chi connectivity index (χ4n) is 2.37. The second kappa shape index (κ2) is 5.45. The standard InChI is InChI=1S/C13H16N2O5S/c1-8-2-3-9(6-11(8)21(14,19)20)12(16)15-5-4-10(7-15)13(17)18/h2-3,6,10H,4-5,7H2,1H3,(H,17,18)(H2,14,19,20). The van der Waals surface area contributed by atoms with Gasteiger partial charge in [0.1, 0.15) is 0 Å². The zero-order valence-corrected chi connectivity index (χ0v) is 12.3. The molecule has 1 aliphatic rings. The number of hydrogen-bond acceptors (Lipinski definition) is 4. The maximum absolute atomic E-state index is 12.3. The summed E-state index contributed by atoms with van der Waals surface area (Å²) in [6.45, 7) is 2.06. The van der Waals surface area contributed by atoms with Gasteiger partial charge in [-0.15, -0.1) is 0 Å². The maximum Gasteiger partial charge on any atom is 0.308 e. The van der Waals surface area contributed by atoms with Gasteiger partial charge >= 0.3 is 5.97 Å². The number of carboxylic acid groups (broad SMARTS) is 1. The molecule has 8 heteroatoms. The minimum absolute atomic E-state index is 0.0951. The highest BCUT2D eigenvalue weighted by atomic mass is 32.2. The fraction of sp³-hybridized carbons (Fsp3) is 0.385. The molecule has 21 heavy (non-hydrogen) atoms. The Labute approximate surface area is 122 Å². The fourth-order valence-corrected chi connectivity index (χ4v) is 3.18. The largest absolute Gasteiger partial charge is 0.481 e. The van der Waals surface area contributed by atoms with Crippen LogP contribution in [0.4, 0.5) is 0 Å². The number of sulfonamides is 1. The van der Waals surface area contributed by atoms with Crippen molar-refractivity contribution in [1.82, 2.24) is 4.90 Å². The lowest BCUT2D eigenvalue weighted by Crippen LogP contribution is -2.30. The van der Waals surface area contributed by atoms with Gasteiger partial charge in [-0.1, -0.05) is 6.07 Å². The van der Waals surface area contributed by atoms with E-state index in [0.29, 0.717) is 18.5 Å². The van der Waals surface area contributed by atoms with Gasteiger partial charge in [0.2, 0.25) is 10.0 Å². The zero-order chi connectivity index (χ0) is 15.8. The first-order valence-corrected chi connectivity index (χ1v) is 7.90. The molecule has 1 heterocycles. The summed E-state index contributed by atoms with van der Waals surface area (Å²) in [6.07, 6.45) is 0.398. The zero-order valence-electron chi connectivity index (χ0n) is 11.4. The van der Waals surface area contributed by atoms with Gasteiger partial charge in [-0.25, -0.2) is 13.6 Å². The molecule has 0 saturated carbocycles. The SMILES string of the molecule is Cc1ccc(C(=O)N2CCC(C(=O)O)C2)cc1S(N)(=O)=O. The number of carboxylic acids is 1. The second-order valence-corrected chi connectivity index (χ2v) is 6.63. The molecule has 114 valence electrons. The molecule has 1 aromatic carbocycles. The lowest BCUT2D eigenvalue weighted by atomic mass is 10.1. The summed E-state index contributed by atoms with van der Waals surface area (Å²) in [5.74, 6) is -1.89. The van der Waals surface area contributed by atoms with Crippen molar-refractivity contribution in [2.45, 2.75) is 18.2 Å². The molecule has 1 aromatic rings. The molecule has 1 aliphatic heterocycles. The van der Waals surface area contributed by atoms with Crippen LogP contribution in [-0.2, 0) is 14.8 Å². The Hall–Kier alpha value is -1.93. The van der Waals surface area contributed by atoms with E-state index in [-0.39, 0.29) is 22.9 Å². The van der Waals surface area contributed by atoms with E-state index in [2.05, 4.69) is 0 Å². The number of hydrogen-bond donors (Lipinski definition) is 2. The molecule has 2 rings (SSSR count). The van der Waals surface area contributed by atoms with Crippen LogP contribution in [-0.4, -0.2) is 43.4 Å². The molecule has 0 aliphatic carbocycles. The molecular weight excluding hydrogens is 296 g/mol. The van der Waals surface area contributed by atoms with Gasteiger partial charge in [0.25, 0.3) is 5.91 Å². The number of carbonyl (C=O) groups excluding carboxylic acids is 1. The Morgan fingerprint density at radius 1 is 1.38 bits per heavy atom. The average Bonchev–Trinajstić information content (AvgIpc) is 2.86. The molecule has 1 amide bonds. The highest BCUT2D eigenvalue weighted by Crippen LogP contribution is 2.21. The van der Waals surface area contributed by atoms with Crippen LogP contribution in [0.5, 0.6) is 0 Å². The minimum atomic E-state index is -3.90. The van der Waals surface area contributed by atoms with Crippen LogP contribution >= 0.6 is 0 Å². The smallest absolute Gasteiger partial charge is 0.308 e. The lowest BCUT2D eigenvalue weighted by molar-refractivity contribution is -0.141. The molecule has 0 radical (unpaired) electrons. The van der Waals surface area contributed by atoms with Crippen molar-refractivity contribution < 1.29 is 23.1 Å². The van der Waals surface area contributed by atoms with Crippen LogP contribution in [0.15, 0.2) is 23.1 Å². The monoisotopic (exact) mass is 312 g/mol. The predicted octanol–water partition coefficient (Wildman–Crippen LogP) is 0.189. The van der Waals surface area contributed by atoms with Crippen LogP contribution in [0, 0.1) is 12.8 Å². The molecular formula is C13H16N2O5S. The van der Waals surface area contributed by atoms with E-state index in [0.717, 1.165) is 0 Å². The third kappa shape index (κ3) is 3.22. The van der Waals surface area contributed by atoms with Crippen molar-refractivity contribution in [3.05, 3.63) is 29.3 Å². The number of rotatable bonds is 3. The van der Waals surface area contributed by atoms with E-state index in [9.17, 15) is 18.0 Å². The van der Waals surface area contributed by atoms with Crippen molar-refractivity contribution in [3.8, 4) is 0 Å². The molecule has 0 aromatic heterocycles. The number of aliphatic carboxylic acids is 1. The van der Waals surface area contributed by atoms with Crippen molar-refractivity contribution >= 4 is 21.9 Å². The molecule has 0 spiro atoms. The number of aryl methyl sites for hydroxylation is 1. The Balaban J connectivity index is 2.27. The van der Waals surface area contributed by atoms with Crippen LogP contribution in [0.3, 0.4) is 0 Å². The number of nitrogens with two attached hydrogens (primary N) is 1. The van der Waals surface area contributed by atoms with Gasteiger partial charge in [-0.3, -0.25) is 9.59 Å². The summed E-state index contributed by atoms with van der Waals surface area (Å²) < 4.78 is 22.9. The van der Waals surface area contributed by atoms with E-state index in [1.807, 2.05) is 0 Å². The maximum atomic E-state index is 12.3. The van der Waals surface area contributed by atoms with Gasteiger partial charge in [-0.2, -0.15) is 0 Å². The summed E-state index contributed by atoms with van der Waals surface area (Å²) in [5.41, 5.74) is 0.648. The predicted molar refractivity (Wildman–Crippen MR) is 74.2 cm³/mol. The van der Waals surface area contributed by atoms with Gasteiger partial charge in [0, 0.05) is 18.7 Å². The highest BCUT2D eigenvalue weighted by Gasteiger charge is 2.31. The topological polar surface area (TPSA) is 118 Å². The molecule has 0 bridgehead atoms. The summed E-state index contributed by atoms with van der Waals surface area (Å²) in [4.78, 5) is 24.5. The third-order valence-corrected chi connectivity index (χ3v) is 4.62. The first-order valence-electron chi connectivity index (χ1n) is 6.35. The van der Waals surface area contributed by atoms with Crippen LogP contribution in [0.1, 0.15) is 22.3 Å². The van der Waals surface area contributed by atoms with Gasteiger partial charge < -0.3 is 10.0 Å². The van der Waals surface area contributed by atoms with Gasteiger partial charge in [0.05, 0.1) is 10.8 Å². The molecule has 3 N–H and O–H groups in total. The molecule has 1 atom stereocenters. The second-order valence-electron chi connectivity index (χ2n) is 5.10. The molecule has 7 nitrogen and oxygen atoms in total. The van der Waals surface area contributed by atoms with E-state index in [1.165, 1.54) is 23.1 Å². The van der Waals surface area contributed by atoms with Crippen molar-refractivity contribution in [1.29, 1.82) is 0 Å². The molecule has 1 saturated heterocycles. The van der Waals surface area contributed by atoms with Crippen molar-refractivity contribution in [2.75, 3.05) is 13.1 Å². The van der Waals surface area contributed by atoms with E-state index >= 15 is 0 Å². The first-order chi connectivity index (χ1) is 9.70. The summed E-state index contributed by atoms with van der Waals surface area (Å²) >= 11 is 0. The number of primary sulfonamides is 1. The third-order valence-electron chi connectivity index (χ3n) is 3.57. The van der Waals surface area contributed by atoms with E-state index in [4.69, 9.17) is 10.2 Å².